The van der Waals surface area contributed by atoms with E-state index in [2.05, 4.69) is 143 Å². The first kappa shape index (κ1) is 26.6. The van der Waals surface area contributed by atoms with Gasteiger partial charge in [0.25, 0.3) is 0 Å². The molecule has 0 saturated heterocycles. The van der Waals surface area contributed by atoms with Gasteiger partial charge in [0.15, 0.2) is 0 Å². The molecular formula is C44H27N3O. The Kier molecular flexibility index (Phi) is 5.53. The zero-order valence-electron chi connectivity index (χ0n) is 26.1. The van der Waals surface area contributed by atoms with Crippen molar-refractivity contribution in [2.75, 3.05) is 0 Å². The number of hydrogen-bond acceptors (Lipinski definition) is 2. The molecule has 0 aliphatic heterocycles. The van der Waals surface area contributed by atoms with Crippen LogP contribution in [0.5, 0.6) is 0 Å². The van der Waals surface area contributed by atoms with Gasteiger partial charge in [-0.25, -0.2) is 0 Å². The van der Waals surface area contributed by atoms with Gasteiger partial charge in [-0.15, -0.1) is 0 Å². The molecule has 224 valence electrons. The lowest BCUT2D eigenvalue weighted by molar-refractivity contribution is 0.669. The summed E-state index contributed by atoms with van der Waals surface area (Å²) in [6.45, 7) is 2.13. The molecule has 0 bridgehead atoms. The fourth-order valence-electron chi connectivity index (χ4n) is 7.69. The average molecular weight is 614 g/mol. The second kappa shape index (κ2) is 9.96. The van der Waals surface area contributed by atoms with Gasteiger partial charge in [0.05, 0.1) is 39.1 Å². The van der Waals surface area contributed by atoms with Gasteiger partial charge >= 0.3 is 0 Å². The first-order chi connectivity index (χ1) is 23.7. The number of aryl methyl sites for hydroxylation is 1. The Hall–Kier alpha value is -6.57. The number of rotatable bonds is 3. The van der Waals surface area contributed by atoms with Crippen LogP contribution in [-0.2, 0) is 0 Å². The van der Waals surface area contributed by atoms with Gasteiger partial charge in [-0.05, 0) is 90.8 Å². The van der Waals surface area contributed by atoms with Crippen LogP contribution >= 0.6 is 0 Å². The van der Waals surface area contributed by atoms with Crippen LogP contribution in [0.25, 0.3) is 88.1 Å². The molecule has 0 fully saturated rings. The van der Waals surface area contributed by atoms with E-state index in [4.69, 9.17) is 4.42 Å². The van der Waals surface area contributed by atoms with E-state index in [9.17, 15) is 5.26 Å². The SMILES string of the molecule is Cc1ccc2c(c1)c1ccccc1n2-c1cc(C#N)cc(-c2cccc(-n3c4ccccc4c4ccc5oc6ccccc6c5c43)c2)c1. The Labute approximate surface area is 275 Å². The first-order valence-corrected chi connectivity index (χ1v) is 16.2. The Balaban J connectivity index is 1.23. The number of nitriles is 1. The average Bonchev–Trinajstić information content (AvgIpc) is 3.79. The molecule has 0 N–H and O–H groups in total. The molecule has 7 aromatic carbocycles. The molecule has 4 heteroatoms. The summed E-state index contributed by atoms with van der Waals surface area (Å²) in [5.74, 6) is 0. The summed E-state index contributed by atoms with van der Waals surface area (Å²) in [4.78, 5) is 0. The highest BCUT2D eigenvalue weighted by Gasteiger charge is 2.20. The number of furan rings is 1. The van der Waals surface area contributed by atoms with E-state index in [1.165, 1.54) is 27.1 Å². The van der Waals surface area contributed by atoms with Gasteiger partial charge in [0.2, 0.25) is 0 Å². The van der Waals surface area contributed by atoms with E-state index < -0.39 is 0 Å². The molecule has 0 atom stereocenters. The third-order valence-electron chi connectivity index (χ3n) is 9.75. The Morgan fingerprint density at radius 1 is 0.500 bits per heavy atom. The molecule has 4 nitrogen and oxygen atoms in total. The molecule has 0 spiro atoms. The van der Waals surface area contributed by atoms with Crippen LogP contribution in [0.3, 0.4) is 0 Å². The predicted molar refractivity (Wildman–Crippen MR) is 197 cm³/mol. The Morgan fingerprint density at radius 3 is 2.04 bits per heavy atom. The smallest absolute Gasteiger partial charge is 0.137 e. The Morgan fingerprint density at radius 2 is 1.21 bits per heavy atom. The maximum absolute atomic E-state index is 10.2. The van der Waals surface area contributed by atoms with Crippen LogP contribution in [0.2, 0.25) is 0 Å². The fourth-order valence-corrected chi connectivity index (χ4v) is 7.69. The third-order valence-corrected chi connectivity index (χ3v) is 9.75. The van der Waals surface area contributed by atoms with Gasteiger partial charge in [-0.3, -0.25) is 0 Å². The number of hydrogen-bond donors (Lipinski definition) is 0. The van der Waals surface area contributed by atoms with Gasteiger partial charge in [-0.2, -0.15) is 5.26 Å². The van der Waals surface area contributed by atoms with Gasteiger partial charge in [0.1, 0.15) is 11.2 Å². The fraction of sp³-hybridized carbons (Fsp3) is 0.0227. The molecule has 3 aromatic heterocycles. The standard InChI is InChI=1S/C44H27N3O/c1-27-17-19-40-37(21-27)34-12-3-5-14-38(34)46(40)32-23-28(26-45)22-30(25-32)29-9-8-10-31(24-29)47-39-15-6-2-11-33(39)35-18-20-42-43(44(35)47)36-13-4-7-16-41(36)48-42/h2-25H,1H3. The molecule has 0 saturated carbocycles. The second-order valence-electron chi connectivity index (χ2n) is 12.6. The topological polar surface area (TPSA) is 46.8 Å². The zero-order chi connectivity index (χ0) is 31.9. The zero-order valence-corrected chi connectivity index (χ0v) is 26.1. The van der Waals surface area contributed by atoms with E-state index in [1.54, 1.807) is 0 Å². The molecule has 10 rings (SSSR count). The number of benzene rings is 7. The van der Waals surface area contributed by atoms with Gasteiger partial charge < -0.3 is 13.6 Å². The van der Waals surface area contributed by atoms with Crippen LogP contribution in [-0.4, -0.2) is 9.13 Å². The van der Waals surface area contributed by atoms with Crippen LogP contribution in [0.15, 0.2) is 150 Å². The minimum atomic E-state index is 0.620. The molecule has 0 amide bonds. The summed E-state index contributed by atoms with van der Waals surface area (Å²) >= 11 is 0. The molecule has 10 aromatic rings. The lowest BCUT2D eigenvalue weighted by atomic mass is 10.0. The molecular weight excluding hydrogens is 587 g/mol. The predicted octanol–water partition coefficient (Wildman–Crippen LogP) is 11.6. The summed E-state index contributed by atoms with van der Waals surface area (Å²) in [5, 5.41) is 17.2. The normalized spacial score (nSPS) is 11.8. The van der Waals surface area contributed by atoms with E-state index in [1.807, 2.05) is 24.3 Å². The van der Waals surface area contributed by atoms with Crippen LogP contribution < -0.4 is 0 Å². The quantitative estimate of drug-likeness (QED) is 0.199. The van der Waals surface area contributed by atoms with Crippen molar-refractivity contribution in [3.05, 3.63) is 157 Å². The van der Waals surface area contributed by atoms with Crippen LogP contribution in [0, 0.1) is 18.3 Å². The summed E-state index contributed by atoms with van der Waals surface area (Å²) in [6.07, 6.45) is 0. The van der Waals surface area contributed by atoms with Crippen molar-refractivity contribution in [3.63, 3.8) is 0 Å². The number of nitrogens with zero attached hydrogens (tertiary/aromatic N) is 3. The monoisotopic (exact) mass is 613 g/mol. The number of fused-ring (bicyclic) bond motifs is 10. The van der Waals surface area contributed by atoms with Crippen molar-refractivity contribution >= 4 is 65.6 Å². The minimum absolute atomic E-state index is 0.620. The highest BCUT2D eigenvalue weighted by molar-refractivity contribution is 6.24. The van der Waals surface area contributed by atoms with Gasteiger partial charge in [-0.1, -0.05) is 78.4 Å². The van der Waals surface area contributed by atoms with E-state index >= 15 is 0 Å². The molecule has 0 unspecified atom stereocenters. The summed E-state index contributed by atoms with van der Waals surface area (Å²) < 4.78 is 11.0. The maximum Gasteiger partial charge on any atom is 0.137 e. The lowest BCUT2D eigenvalue weighted by Crippen LogP contribution is -1.97. The van der Waals surface area contributed by atoms with E-state index in [-0.39, 0.29) is 0 Å². The first-order valence-electron chi connectivity index (χ1n) is 16.2. The van der Waals surface area contributed by atoms with E-state index in [0.29, 0.717) is 5.56 Å². The van der Waals surface area contributed by atoms with Crippen molar-refractivity contribution in [2.24, 2.45) is 0 Å². The van der Waals surface area contributed by atoms with Crippen molar-refractivity contribution in [1.82, 2.24) is 9.13 Å². The van der Waals surface area contributed by atoms with E-state index in [0.717, 1.165) is 66.5 Å². The summed E-state index contributed by atoms with van der Waals surface area (Å²) in [7, 11) is 0. The van der Waals surface area contributed by atoms with Crippen LogP contribution in [0.4, 0.5) is 0 Å². The van der Waals surface area contributed by atoms with Crippen molar-refractivity contribution in [3.8, 4) is 28.6 Å². The molecule has 0 radical (unpaired) electrons. The summed E-state index contributed by atoms with van der Waals surface area (Å²) in [5.41, 5.74) is 12.1. The molecule has 0 aliphatic rings. The minimum Gasteiger partial charge on any atom is -0.456 e. The highest BCUT2D eigenvalue weighted by atomic mass is 16.3. The van der Waals surface area contributed by atoms with Crippen LogP contribution in [0.1, 0.15) is 11.1 Å². The van der Waals surface area contributed by atoms with Crippen molar-refractivity contribution in [2.45, 2.75) is 6.92 Å². The van der Waals surface area contributed by atoms with Crippen molar-refractivity contribution in [1.29, 1.82) is 5.26 Å². The lowest BCUT2D eigenvalue weighted by Gasteiger charge is -2.14. The highest BCUT2D eigenvalue weighted by Crippen LogP contribution is 2.41. The molecule has 3 heterocycles. The second-order valence-corrected chi connectivity index (χ2v) is 12.6. The Bertz CT molecular complexity index is 2980. The van der Waals surface area contributed by atoms with Gasteiger partial charge in [0, 0.05) is 38.3 Å². The summed E-state index contributed by atoms with van der Waals surface area (Å²) in [6, 6.07) is 53.5. The number of para-hydroxylation sites is 3. The number of aromatic nitrogens is 2. The van der Waals surface area contributed by atoms with Crippen molar-refractivity contribution < 1.29 is 4.42 Å². The molecule has 48 heavy (non-hydrogen) atoms. The third kappa shape index (κ3) is 3.76. The maximum atomic E-state index is 10.2. The largest absolute Gasteiger partial charge is 0.456 e. The molecule has 0 aliphatic carbocycles.